The summed E-state index contributed by atoms with van der Waals surface area (Å²) in [5.41, 5.74) is 0. The minimum atomic E-state index is 0.572. The van der Waals surface area contributed by atoms with Gasteiger partial charge in [-0.2, -0.15) is 0 Å². The first kappa shape index (κ1) is 29.2. The van der Waals surface area contributed by atoms with Gasteiger partial charge in [-0.1, -0.05) is 123 Å². The van der Waals surface area contributed by atoms with E-state index in [0.717, 1.165) is 0 Å². The topological polar surface area (TPSA) is 8.81 Å². The molecule has 0 saturated heterocycles. The van der Waals surface area contributed by atoms with Crippen molar-refractivity contribution in [1.29, 1.82) is 0 Å². The van der Waals surface area contributed by atoms with Gasteiger partial charge in [0.05, 0.1) is 12.6 Å². The van der Waals surface area contributed by atoms with Crippen molar-refractivity contribution < 1.29 is 4.57 Å². The van der Waals surface area contributed by atoms with Crippen LogP contribution in [-0.2, 0) is 13.0 Å². The highest BCUT2D eigenvalue weighted by molar-refractivity contribution is 4.85. The second kappa shape index (κ2) is 20.8. The number of nitrogens with zero attached hydrogens (tertiary/aromatic N) is 2. The molecule has 0 saturated carbocycles. The molecule has 0 N–H and O–H groups in total. The lowest BCUT2D eigenvalue weighted by Crippen LogP contribution is -2.39. The van der Waals surface area contributed by atoms with Crippen LogP contribution in [0.2, 0.25) is 0 Å². The van der Waals surface area contributed by atoms with Gasteiger partial charge >= 0.3 is 0 Å². The van der Waals surface area contributed by atoms with E-state index in [2.05, 4.69) is 49.2 Å². The van der Waals surface area contributed by atoms with Gasteiger partial charge in [0.1, 0.15) is 12.4 Å². The highest BCUT2D eigenvalue weighted by atomic mass is 15.2. The van der Waals surface area contributed by atoms with Gasteiger partial charge in [-0.05, 0) is 33.1 Å². The van der Waals surface area contributed by atoms with Crippen LogP contribution in [0.4, 0.5) is 0 Å². The fourth-order valence-electron chi connectivity index (χ4n) is 4.96. The Kier molecular flexibility index (Phi) is 19.0. The van der Waals surface area contributed by atoms with Crippen LogP contribution in [0.15, 0.2) is 12.4 Å². The predicted molar refractivity (Wildman–Crippen MR) is 142 cm³/mol. The maximum Gasteiger partial charge on any atom is 0.256 e. The first-order valence-corrected chi connectivity index (χ1v) is 14.8. The molecule has 0 aromatic carbocycles. The summed E-state index contributed by atoms with van der Waals surface area (Å²) in [6.45, 7) is 10.5. The molecule has 0 spiro atoms. The Labute approximate surface area is 202 Å². The molecule has 0 unspecified atom stereocenters. The van der Waals surface area contributed by atoms with Crippen LogP contribution in [0.25, 0.3) is 0 Å². The summed E-state index contributed by atoms with van der Waals surface area (Å²) in [6, 6.07) is 0.572. The third-order valence-electron chi connectivity index (χ3n) is 7.10. The minimum absolute atomic E-state index is 0.572. The molecule has 1 heterocycles. The molecule has 0 fully saturated rings. The second-order valence-corrected chi connectivity index (χ2v) is 10.5. The molecule has 2 nitrogen and oxygen atoms in total. The van der Waals surface area contributed by atoms with E-state index in [4.69, 9.17) is 0 Å². The SMILES string of the molecule is CCCCCCCCCCCCCCn1cc[n+](C(C)C)c1CCCCCCCCCC. The van der Waals surface area contributed by atoms with E-state index in [-0.39, 0.29) is 0 Å². The van der Waals surface area contributed by atoms with Crippen LogP contribution in [0, 0.1) is 0 Å². The molecule has 0 radical (unpaired) electrons. The Morgan fingerprint density at radius 3 is 1.44 bits per heavy atom. The normalized spacial score (nSPS) is 11.7. The van der Waals surface area contributed by atoms with Crippen molar-refractivity contribution in [1.82, 2.24) is 4.57 Å². The molecule has 0 aliphatic rings. The quantitative estimate of drug-likeness (QED) is 0.117. The van der Waals surface area contributed by atoms with Crippen molar-refractivity contribution in [2.75, 3.05) is 0 Å². The van der Waals surface area contributed by atoms with Crippen molar-refractivity contribution in [3.63, 3.8) is 0 Å². The largest absolute Gasteiger partial charge is 0.256 e. The number of aromatic nitrogens is 2. The van der Waals surface area contributed by atoms with Gasteiger partial charge in [-0.25, -0.2) is 9.13 Å². The van der Waals surface area contributed by atoms with Crippen molar-refractivity contribution in [2.45, 2.75) is 175 Å². The molecule has 188 valence electrons. The fourth-order valence-corrected chi connectivity index (χ4v) is 4.96. The van der Waals surface area contributed by atoms with Crippen molar-refractivity contribution >= 4 is 0 Å². The zero-order chi connectivity index (χ0) is 23.3. The Balaban J connectivity index is 2.16. The summed E-state index contributed by atoms with van der Waals surface area (Å²) in [5.74, 6) is 1.56. The highest BCUT2D eigenvalue weighted by Crippen LogP contribution is 2.14. The van der Waals surface area contributed by atoms with Crippen molar-refractivity contribution in [2.24, 2.45) is 0 Å². The number of hydrogen-bond donors (Lipinski definition) is 0. The number of imidazole rings is 1. The summed E-state index contributed by atoms with van der Waals surface area (Å²) >= 11 is 0. The van der Waals surface area contributed by atoms with E-state index in [1.165, 1.54) is 141 Å². The maximum atomic E-state index is 2.57. The Bertz CT molecular complexity index is 517. The fraction of sp³-hybridized carbons (Fsp3) is 0.900. The molecule has 0 aliphatic heterocycles. The number of unbranched alkanes of at least 4 members (excludes halogenated alkanes) is 18. The second-order valence-electron chi connectivity index (χ2n) is 10.5. The number of rotatable bonds is 23. The molecule has 0 atom stereocenters. The van der Waals surface area contributed by atoms with Crippen LogP contribution in [0.1, 0.15) is 168 Å². The van der Waals surface area contributed by atoms with Gasteiger partial charge in [-0.15, -0.1) is 0 Å². The van der Waals surface area contributed by atoms with Gasteiger partial charge in [0, 0.05) is 6.42 Å². The monoisotopic (exact) mass is 447 g/mol. The molecule has 0 bridgehead atoms. The van der Waals surface area contributed by atoms with Gasteiger partial charge in [-0.3, -0.25) is 0 Å². The van der Waals surface area contributed by atoms with E-state index in [9.17, 15) is 0 Å². The number of aryl methyl sites for hydroxylation is 1. The summed E-state index contributed by atoms with van der Waals surface area (Å²) < 4.78 is 5.08. The zero-order valence-corrected chi connectivity index (χ0v) is 22.7. The van der Waals surface area contributed by atoms with Crippen LogP contribution < -0.4 is 4.57 Å². The first-order valence-electron chi connectivity index (χ1n) is 14.8. The summed E-state index contributed by atoms with van der Waals surface area (Å²) in [6.07, 6.45) is 34.3. The van der Waals surface area contributed by atoms with Crippen LogP contribution >= 0.6 is 0 Å². The third kappa shape index (κ3) is 14.4. The van der Waals surface area contributed by atoms with Gasteiger partial charge in [0.15, 0.2) is 0 Å². The lowest BCUT2D eigenvalue weighted by Gasteiger charge is -2.08. The van der Waals surface area contributed by atoms with E-state index in [0.29, 0.717) is 6.04 Å². The standard InChI is InChI=1S/C30H59N2/c1-5-7-9-11-13-15-16-17-18-20-22-24-26-31-27-28-32(29(3)4)30(31)25-23-21-19-14-12-10-8-6-2/h27-29H,5-26H2,1-4H3/q+1. The van der Waals surface area contributed by atoms with Crippen molar-refractivity contribution in [3.8, 4) is 0 Å². The van der Waals surface area contributed by atoms with E-state index in [1.54, 1.807) is 5.82 Å². The highest BCUT2D eigenvalue weighted by Gasteiger charge is 2.18. The predicted octanol–water partition coefficient (Wildman–Crippen LogP) is 9.74. The summed E-state index contributed by atoms with van der Waals surface area (Å²) in [5, 5.41) is 0. The Morgan fingerprint density at radius 2 is 1.00 bits per heavy atom. The molecular formula is C30H59N2+. The molecule has 1 aromatic heterocycles. The Hall–Kier alpha value is -0.790. The maximum absolute atomic E-state index is 2.57. The third-order valence-corrected chi connectivity index (χ3v) is 7.10. The first-order chi connectivity index (χ1) is 15.7. The van der Waals surface area contributed by atoms with Gasteiger partial charge < -0.3 is 0 Å². The average molecular weight is 448 g/mol. The molecule has 1 aromatic rings. The van der Waals surface area contributed by atoms with Crippen LogP contribution in [-0.4, -0.2) is 4.57 Å². The molecule has 0 amide bonds. The van der Waals surface area contributed by atoms with E-state index < -0.39 is 0 Å². The average Bonchev–Trinajstić information content (AvgIpc) is 3.19. The molecule has 32 heavy (non-hydrogen) atoms. The lowest BCUT2D eigenvalue weighted by atomic mass is 10.1. The number of hydrogen-bond acceptors (Lipinski definition) is 0. The van der Waals surface area contributed by atoms with Crippen molar-refractivity contribution in [3.05, 3.63) is 18.2 Å². The van der Waals surface area contributed by atoms with Crippen LogP contribution in [0.3, 0.4) is 0 Å². The lowest BCUT2D eigenvalue weighted by molar-refractivity contribution is -0.722. The molecule has 1 rings (SSSR count). The molecule has 0 aliphatic carbocycles. The molecular weight excluding hydrogens is 388 g/mol. The van der Waals surface area contributed by atoms with E-state index in [1.807, 2.05) is 0 Å². The van der Waals surface area contributed by atoms with E-state index >= 15 is 0 Å². The smallest absolute Gasteiger partial charge is 0.234 e. The molecule has 2 heteroatoms. The van der Waals surface area contributed by atoms with Gasteiger partial charge in [0.2, 0.25) is 0 Å². The summed E-state index contributed by atoms with van der Waals surface area (Å²) in [4.78, 5) is 0. The Morgan fingerprint density at radius 1 is 0.594 bits per heavy atom. The zero-order valence-electron chi connectivity index (χ0n) is 22.7. The summed E-state index contributed by atoms with van der Waals surface area (Å²) in [7, 11) is 0. The van der Waals surface area contributed by atoms with Crippen LogP contribution in [0.5, 0.6) is 0 Å². The minimum Gasteiger partial charge on any atom is -0.234 e. The van der Waals surface area contributed by atoms with Gasteiger partial charge in [0.25, 0.3) is 5.82 Å².